The van der Waals surface area contributed by atoms with Crippen molar-refractivity contribution in [1.29, 1.82) is 0 Å². The molecule has 3 aromatic carbocycles. The van der Waals surface area contributed by atoms with E-state index in [2.05, 4.69) is 0 Å². The molecule has 0 unspecified atom stereocenters. The third-order valence-electron chi connectivity index (χ3n) is 4.37. The zero-order valence-electron chi connectivity index (χ0n) is 14.5. The monoisotopic (exact) mass is 395 g/mol. The lowest BCUT2D eigenvalue weighted by Gasteiger charge is -2.24. The molecule has 4 rings (SSSR count). The fourth-order valence-electron chi connectivity index (χ4n) is 3.07. The molecule has 0 radical (unpaired) electrons. The SMILES string of the molecule is O=C(c1ccc(Cl)cc1)N1CCS[C@H]1c1cccc(Oc2ccccc2)c1. The number of carbonyl (C=O) groups excluding carboxylic acids is 1. The van der Waals surface area contributed by atoms with Crippen LogP contribution in [0.1, 0.15) is 21.3 Å². The molecule has 1 amide bonds. The highest BCUT2D eigenvalue weighted by Gasteiger charge is 2.31. The molecule has 3 aromatic rings. The van der Waals surface area contributed by atoms with Gasteiger partial charge in [0.15, 0.2) is 0 Å². The minimum absolute atomic E-state index is 0.0208. The lowest BCUT2D eigenvalue weighted by Crippen LogP contribution is -2.30. The van der Waals surface area contributed by atoms with Gasteiger partial charge in [-0.1, -0.05) is 41.9 Å². The van der Waals surface area contributed by atoms with Crippen LogP contribution >= 0.6 is 23.4 Å². The van der Waals surface area contributed by atoms with Gasteiger partial charge in [0.05, 0.1) is 0 Å². The maximum atomic E-state index is 13.0. The largest absolute Gasteiger partial charge is 0.457 e. The minimum Gasteiger partial charge on any atom is -0.457 e. The maximum Gasteiger partial charge on any atom is 0.255 e. The van der Waals surface area contributed by atoms with Crippen molar-refractivity contribution in [1.82, 2.24) is 4.90 Å². The zero-order chi connectivity index (χ0) is 18.6. The van der Waals surface area contributed by atoms with Crippen LogP contribution in [0.4, 0.5) is 0 Å². The number of para-hydroxylation sites is 1. The number of thioether (sulfide) groups is 1. The van der Waals surface area contributed by atoms with Crippen molar-refractivity contribution in [3.05, 3.63) is 95.0 Å². The van der Waals surface area contributed by atoms with Crippen LogP contribution in [0.2, 0.25) is 5.02 Å². The number of benzene rings is 3. The number of rotatable bonds is 4. The molecule has 3 nitrogen and oxygen atoms in total. The first-order valence-corrected chi connectivity index (χ1v) is 10.1. The van der Waals surface area contributed by atoms with E-state index in [0.717, 1.165) is 29.4 Å². The Morgan fingerprint density at radius 1 is 0.963 bits per heavy atom. The van der Waals surface area contributed by atoms with Gasteiger partial charge >= 0.3 is 0 Å². The van der Waals surface area contributed by atoms with Gasteiger partial charge in [-0.3, -0.25) is 4.79 Å². The summed E-state index contributed by atoms with van der Waals surface area (Å²) in [5.74, 6) is 2.50. The molecule has 0 aliphatic carbocycles. The third-order valence-corrected chi connectivity index (χ3v) is 5.88. The molecule has 27 heavy (non-hydrogen) atoms. The first-order chi connectivity index (χ1) is 13.2. The average molecular weight is 396 g/mol. The fourth-order valence-corrected chi connectivity index (χ4v) is 4.44. The third kappa shape index (κ3) is 4.12. The van der Waals surface area contributed by atoms with Crippen LogP contribution < -0.4 is 4.74 Å². The van der Waals surface area contributed by atoms with E-state index in [-0.39, 0.29) is 11.3 Å². The number of amides is 1. The zero-order valence-corrected chi connectivity index (χ0v) is 16.1. The van der Waals surface area contributed by atoms with Crippen molar-refractivity contribution in [2.45, 2.75) is 5.37 Å². The Balaban J connectivity index is 1.56. The first kappa shape index (κ1) is 18.0. The van der Waals surface area contributed by atoms with Gasteiger partial charge in [-0.05, 0) is 54.1 Å². The van der Waals surface area contributed by atoms with Crippen LogP contribution in [0.25, 0.3) is 0 Å². The van der Waals surface area contributed by atoms with Crippen LogP contribution in [0.15, 0.2) is 78.9 Å². The van der Waals surface area contributed by atoms with Gasteiger partial charge in [-0.2, -0.15) is 0 Å². The Hall–Kier alpha value is -2.43. The molecule has 1 aliphatic rings. The summed E-state index contributed by atoms with van der Waals surface area (Å²) >= 11 is 7.71. The number of ether oxygens (including phenoxy) is 1. The molecule has 0 aromatic heterocycles. The second-order valence-corrected chi connectivity index (χ2v) is 7.84. The molecule has 0 bridgehead atoms. The van der Waals surface area contributed by atoms with Crippen molar-refractivity contribution in [2.75, 3.05) is 12.3 Å². The van der Waals surface area contributed by atoms with E-state index in [4.69, 9.17) is 16.3 Å². The van der Waals surface area contributed by atoms with Crippen molar-refractivity contribution in [3.63, 3.8) is 0 Å². The van der Waals surface area contributed by atoms with Gasteiger partial charge in [0, 0.05) is 22.9 Å². The second-order valence-electron chi connectivity index (χ2n) is 6.22. The van der Waals surface area contributed by atoms with Crippen LogP contribution in [0, 0.1) is 0 Å². The molecule has 5 heteroatoms. The molecule has 1 aliphatic heterocycles. The van der Waals surface area contributed by atoms with Crippen LogP contribution in [0.3, 0.4) is 0 Å². The molecule has 0 saturated carbocycles. The van der Waals surface area contributed by atoms with Crippen molar-refractivity contribution < 1.29 is 9.53 Å². The van der Waals surface area contributed by atoms with Crippen LogP contribution in [-0.4, -0.2) is 23.1 Å². The van der Waals surface area contributed by atoms with Crippen LogP contribution in [0.5, 0.6) is 11.5 Å². The van der Waals surface area contributed by atoms with E-state index in [1.54, 1.807) is 36.0 Å². The van der Waals surface area contributed by atoms with E-state index in [0.29, 0.717) is 10.6 Å². The van der Waals surface area contributed by atoms with Gasteiger partial charge in [-0.25, -0.2) is 0 Å². The number of hydrogen-bond acceptors (Lipinski definition) is 3. The summed E-state index contributed by atoms with van der Waals surface area (Å²) in [6, 6.07) is 24.7. The van der Waals surface area contributed by atoms with E-state index in [1.807, 2.05) is 59.5 Å². The topological polar surface area (TPSA) is 29.5 Å². The quantitative estimate of drug-likeness (QED) is 0.541. The van der Waals surface area contributed by atoms with Gasteiger partial charge in [0.25, 0.3) is 5.91 Å². The molecule has 1 atom stereocenters. The molecule has 136 valence electrons. The molecular formula is C22H18ClNO2S. The highest BCUT2D eigenvalue weighted by Crippen LogP contribution is 2.40. The number of hydrogen-bond donors (Lipinski definition) is 0. The fraction of sp³-hybridized carbons (Fsp3) is 0.136. The van der Waals surface area contributed by atoms with E-state index < -0.39 is 0 Å². The highest BCUT2D eigenvalue weighted by molar-refractivity contribution is 7.99. The summed E-state index contributed by atoms with van der Waals surface area (Å²) in [4.78, 5) is 14.9. The molecular weight excluding hydrogens is 378 g/mol. The summed E-state index contributed by atoms with van der Waals surface area (Å²) < 4.78 is 5.94. The highest BCUT2D eigenvalue weighted by atomic mass is 35.5. The van der Waals surface area contributed by atoms with Gasteiger partial charge in [-0.15, -0.1) is 11.8 Å². The van der Waals surface area contributed by atoms with Gasteiger partial charge in [0.2, 0.25) is 0 Å². The average Bonchev–Trinajstić information content (AvgIpc) is 3.19. The standard InChI is InChI=1S/C22H18ClNO2S/c23-18-11-9-16(10-12-18)21(25)24-13-14-27-22(24)17-5-4-8-20(15-17)26-19-6-2-1-3-7-19/h1-12,15,22H,13-14H2/t22-/m0/s1. The molecule has 1 heterocycles. The van der Waals surface area contributed by atoms with E-state index in [9.17, 15) is 4.79 Å². The molecule has 1 saturated heterocycles. The van der Waals surface area contributed by atoms with Crippen LogP contribution in [-0.2, 0) is 0 Å². The Kier molecular flexibility index (Phi) is 5.37. The summed E-state index contributed by atoms with van der Waals surface area (Å²) in [6.45, 7) is 0.723. The Bertz CT molecular complexity index is 931. The number of carbonyl (C=O) groups is 1. The lowest BCUT2D eigenvalue weighted by atomic mass is 10.1. The Morgan fingerprint density at radius 3 is 2.48 bits per heavy atom. The van der Waals surface area contributed by atoms with Crippen molar-refractivity contribution >= 4 is 29.3 Å². The molecule has 0 spiro atoms. The number of nitrogens with zero attached hydrogens (tertiary/aromatic N) is 1. The summed E-state index contributed by atoms with van der Waals surface area (Å²) in [7, 11) is 0. The molecule has 0 N–H and O–H groups in total. The van der Waals surface area contributed by atoms with E-state index in [1.165, 1.54) is 0 Å². The normalized spacial score (nSPS) is 16.3. The van der Waals surface area contributed by atoms with Gasteiger partial charge in [0.1, 0.15) is 16.9 Å². The van der Waals surface area contributed by atoms with E-state index >= 15 is 0 Å². The maximum absolute atomic E-state index is 13.0. The second kappa shape index (κ2) is 8.07. The Morgan fingerprint density at radius 2 is 1.70 bits per heavy atom. The summed E-state index contributed by atoms with van der Waals surface area (Å²) in [6.07, 6.45) is 0. The predicted octanol–water partition coefficient (Wildman–Crippen LogP) is 6.02. The van der Waals surface area contributed by atoms with Crippen molar-refractivity contribution in [3.8, 4) is 11.5 Å². The summed E-state index contributed by atoms with van der Waals surface area (Å²) in [5, 5.41) is 0.608. The smallest absolute Gasteiger partial charge is 0.255 e. The first-order valence-electron chi connectivity index (χ1n) is 8.72. The number of halogens is 1. The predicted molar refractivity (Wildman–Crippen MR) is 111 cm³/mol. The Labute approximate surface area is 167 Å². The lowest BCUT2D eigenvalue weighted by molar-refractivity contribution is 0.0760. The molecule has 1 fully saturated rings. The summed E-state index contributed by atoms with van der Waals surface area (Å²) in [5.41, 5.74) is 1.72. The minimum atomic E-state index is -0.0208. The van der Waals surface area contributed by atoms with Gasteiger partial charge < -0.3 is 9.64 Å². The van der Waals surface area contributed by atoms with Crippen molar-refractivity contribution in [2.24, 2.45) is 0 Å².